The minimum Gasteiger partial charge on any atom is -0.497 e. The van der Waals surface area contributed by atoms with Gasteiger partial charge in [-0.15, -0.1) is 5.10 Å². The zero-order valence-corrected chi connectivity index (χ0v) is 16.5. The highest BCUT2D eigenvalue weighted by Crippen LogP contribution is 2.28. The van der Waals surface area contributed by atoms with Gasteiger partial charge in [-0.25, -0.2) is 9.36 Å². The van der Waals surface area contributed by atoms with Crippen LogP contribution in [0.3, 0.4) is 0 Å². The molecule has 2 aromatic heterocycles. The van der Waals surface area contributed by atoms with E-state index in [9.17, 15) is 4.79 Å². The number of methoxy groups -OCH3 is 1. The minimum absolute atomic E-state index is 0.215. The molecule has 0 bridgehead atoms. The van der Waals surface area contributed by atoms with Gasteiger partial charge in [0.2, 0.25) is 0 Å². The van der Waals surface area contributed by atoms with Crippen molar-refractivity contribution in [3.8, 4) is 17.1 Å². The maximum Gasteiger partial charge on any atom is 0.278 e. The molecule has 29 heavy (non-hydrogen) atoms. The maximum absolute atomic E-state index is 12.9. The average Bonchev–Trinajstić information content (AvgIpc) is 3.38. The van der Waals surface area contributed by atoms with Gasteiger partial charge in [0, 0.05) is 12.4 Å². The first-order valence-corrected chi connectivity index (χ1v) is 9.13. The molecule has 0 aliphatic rings. The number of ether oxygens (including phenoxy) is 1. The van der Waals surface area contributed by atoms with Gasteiger partial charge in [0.1, 0.15) is 11.4 Å². The van der Waals surface area contributed by atoms with E-state index >= 15 is 0 Å². The van der Waals surface area contributed by atoms with Crippen molar-refractivity contribution in [2.75, 3.05) is 12.4 Å². The minimum atomic E-state index is -0.391. The Labute approximate surface area is 171 Å². The van der Waals surface area contributed by atoms with E-state index in [-0.39, 0.29) is 5.69 Å². The lowest BCUT2D eigenvalue weighted by Crippen LogP contribution is -2.16. The number of carbonyl (C=O) groups is 1. The third-order valence-corrected chi connectivity index (χ3v) is 4.70. The van der Waals surface area contributed by atoms with Gasteiger partial charge in [0.25, 0.3) is 5.91 Å². The summed E-state index contributed by atoms with van der Waals surface area (Å²) in [7, 11) is 1.60. The van der Waals surface area contributed by atoms with Crippen LogP contribution in [0.1, 0.15) is 16.2 Å². The molecule has 0 atom stereocenters. The van der Waals surface area contributed by atoms with Gasteiger partial charge in [0.15, 0.2) is 5.69 Å². The fourth-order valence-corrected chi connectivity index (χ4v) is 3.20. The van der Waals surface area contributed by atoms with Crippen molar-refractivity contribution in [3.63, 3.8) is 0 Å². The Hall–Kier alpha value is -3.65. The van der Waals surface area contributed by atoms with E-state index in [1.165, 1.54) is 0 Å². The van der Waals surface area contributed by atoms with Gasteiger partial charge in [-0.1, -0.05) is 22.9 Å². The first-order chi connectivity index (χ1) is 14.1. The molecule has 0 spiro atoms. The van der Waals surface area contributed by atoms with Crippen molar-refractivity contribution in [2.24, 2.45) is 0 Å². The molecule has 0 saturated heterocycles. The van der Waals surface area contributed by atoms with E-state index in [0.29, 0.717) is 22.1 Å². The molecule has 0 unspecified atom stereocenters. The van der Waals surface area contributed by atoms with Crippen molar-refractivity contribution in [1.29, 1.82) is 0 Å². The summed E-state index contributed by atoms with van der Waals surface area (Å²) in [6.07, 6.45) is 3.39. The highest BCUT2D eigenvalue weighted by molar-refractivity contribution is 6.33. The number of anilines is 1. The monoisotopic (exact) mass is 408 g/mol. The van der Waals surface area contributed by atoms with Gasteiger partial charge in [-0.2, -0.15) is 5.10 Å². The highest BCUT2D eigenvalue weighted by Gasteiger charge is 2.20. The molecule has 1 amide bonds. The van der Waals surface area contributed by atoms with E-state index in [4.69, 9.17) is 16.3 Å². The van der Waals surface area contributed by atoms with Crippen LogP contribution in [0.4, 0.5) is 5.69 Å². The quantitative estimate of drug-likeness (QED) is 0.544. The summed E-state index contributed by atoms with van der Waals surface area (Å²) in [5, 5.41) is 15.7. The molecule has 4 aromatic rings. The summed E-state index contributed by atoms with van der Waals surface area (Å²) in [5.74, 6) is 0.342. The first kappa shape index (κ1) is 18.7. The van der Waals surface area contributed by atoms with E-state index in [0.717, 1.165) is 11.4 Å². The summed E-state index contributed by atoms with van der Waals surface area (Å²) in [6.45, 7) is 1.78. The largest absolute Gasteiger partial charge is 0.497 e. The van der Waals surface area contributed by atoms with Crippen LogP contribution in [0.15, 0.2) is 60.9 Å². The van der Waals surface area contributed by atoms with Crippen molar-refractivity contribution in [2.45, 2.75) is 6.92 Å². The number of para-hydroxylation sites is 1. The molecule has 2 aromatic carbocycles. The summed E-state index contributed by atoms with van der Waals surface area (Å²) in [4.78, 5) is 12.9. The Morgan fingerprint density at radius 1 is 1.14 bits per heavy atom. The van der Waals surface area contributed by atoms with E-state index < -0.39 is 5.91 Å². The third-order valence-electron chi connectivity index (χ3n) is 4.40. The lowest BCUT2D eigenvalue weighted by Gasteiger charge is -2.12. The van der Waals surface area contributed by atoms with Gasteiger partial charge in [-0.3, -0.25) is 4.79 Å². The predicted octanol–water partition coefficient (Wildman–Crippen LogP) is 3.68. The number of hydrogen-bond donors (Lipinski definition) is 1. The molecule has 146 valence electrons. The number of nitrogens with zero attached hydrogens (tertiary/aromatic N) is 5. The molecular formula is C20H17ClN6O2. The lowest BCUT2D eigenvalue weighted by molar-refractivity contribution is 0.102. The summed E-state index contributed by atoms with van der Waals surface area (Å²) in [6, 6.07) is 14.3. The SMILES string of the molecule is COc1ccc(-n2nnc(C(=O)Nc3cccc(Cl)c3-n3cccn3)c2C)cc1. The van der Waals surface area contributed by atoms with Crippen LogP contribution < -0.4 is 10.1 Å². The predicted molar refractivity (Wildman–Crippen MR) is 109 cm³/mol. The van der Waals surface area contributed by atoms with E-state index in [1.54, 1.807) is 60.1 Å². The summed E-state index contributed by atoms with van der Waals surface area (Å²) < 4.78 is 8.36. The highest BCUT2D eigenvalue weighted by atomic mass is 35.5. The number of rotatable bonds is 5. The molecule has 0 saturated carbocycles. The zero-order chi connectivity index (χ0) is 20.4. The molecule has 0 aliphatic carbocycles. The number of halogens is 1. The fraction of sp³-hybridized carbons (Fsp3) is 0.100. The van der Waals surface area contributed by atoms with Crippen LogP contribution in [0, 0.1) is 6.92 Å². The molecule has 1 N–H and O–H groups in total. The van der Waals surface area contributed by atoms with Gasteiger partial charge >= 0.3 is 0 Å². The van der Waals surface area contributed by atoms with Crippen LogP contribution in [-0.4, -0.2) is 37.8 Å². The normalized spacial score (nSPS) is 10.7. The second-order valence-corrected chi connectivity index (χ2v) is 6.58. The molecule has 0 fully saturated rings. The molecular weight excluding hydrogens is 392 g/mol. The molecule has 0 aliphatic heterocycles. The fourth-order valence-electron chi connectivity index (χ4n) is 2.94. The van der Waals surface area contributed by atoms with Gasteiger partial charge < -0.3 is 10.1 Å². The van der Waals surface area contributed by atoms with Crippen LogP contribution in [0.25, 0.3) is 11.4 Å². The number of amides is 1. The molecule has 8 nitrogen and oxygen atoms in total. The van der Waals surface area contributed by atoms with Crippen LogP contribution >= 0.6 is 11.6 Å². The smallest absolute Gasteiger partial charge is 0.278 e. The van der Waals surface area contributed by atoms with Gasteiger partial charge in [0.05, 0.1) is 29.2 Å². The van der Waals surface area contributed by atoms with Gasteiger partial charge in [-0.05, 0) is 49.4 Å². The van der Waals surface area contributed by atoms with Crippen LogP contribution in [-0.2, 0) is 0 Å². The number of hydrogen-bond acceptors (Lipinski definition) is 5. The molecule has 0 radical (unpaired) electrons. The molecule has 9 heteroatoms. The van der Waals surface area contributed by atoms with Crippen molar-refractivity contribution >= 4 is 23.2 Å². The van der Waals surface area contributed by atoms with Crippen molar-refractivity contribution in [1.82, 2.24) is 24.8 Å². The Bertz CT molecular complexity index is 1150. The van der Waals surface area contributed by atoms with E-state index in [2.05, 4.69) is 20.7 Å². The Kier molecular flexibility index (Phi) is 5.01. The summed E-state index contributed by atoms with van der Waals surface area (Å²) >= 11 is 6.34. The Morgan fingerprint density at radius 3 is 2.62 bits per heavy atom. The zero-order valence-electron chi connectivity index (χ0n) is 15.7. The number of nitrogens with one attached hydrogen (secondary N) is 1. The van der Waals surface area contributed by atoms with Crippen molar-refractivity contribution in [3.05, 3.63) is 77.3 Å². The van der Waals surface area contributed by atoms with Crippen molar-refractivity contribution < 1.29 is 9.53 Å². The number of carbonyl (C=O) groups excluding carboxylic acids is 1. The lowest BCUT2D eigenvalue weighted by atomic mass is 10.2. The second kappa shape index (κ2) is 7.76. The Balaban J connectivity index is 1.64. The van der Waals surface area contributed by atoms with E-state index in [1.807, 2.05) is 24.3 Å². The van der Waals surface area contributed by atoms with Crippen LogP contribution in [0.2, 0.25) is 5.02 Å². The molecule has 4 rings (SSSR count). The first-order valence-electron chi connectivity index (χ1n) is 8.75. The summed E-state index contributed by atoms with van der Waals surface area (Å²) in [5.41, 5.74) is 2.69. The topological polar surface area (TPSA) is 86.9 Å². The average molecular weight is 409 g/mol. The maximum atomic E-state index is 12.9. The number of aromatic nitrogens is 5. The van der Waals surface area contributed by atoms with Crippen LogP contribution in [0.5, 0.6) is 5.75 Å². The third kappa shape index (κ3) is 3.57. The molecule has 2 heterocycles. The number of benzene rings is 2. The standard InChI is InChI=1S/C20H17ClN6O2/c1-13-18(24-25-27(13)14-7-9-15(29-2)10-8-14)20(28)23-17-6-3-5-16(21)19(17)26-12-4-11-22-26/h3-12H,1-2H3,(H,23,28). The Morgan fingerprint density at radius 2 is 1.93 bits per heavy atom. The second-order valence-electron chi connectivity index (χ2n) is 6.17.